The second-order valence-electron chi connectivity index (χ2n) is 7.02. The van der Waals surface area contributed by atoms with Crippen molar-refractivity contribution in [3.8, 4) is 11.5 Å². The SMILES string of the molecule is Cc1ccc(OCC(=O)Nc2ccc3c(c2)OCC(=O)N3CC(C)C)cc1. The molecule has 0 bridgehead atoms. The van der Waals surface area contributed by atoms with Gasteiger partial charge >= 0.3 is 0 Å². The van der Waals surface area contributed by atoms with Crippen molar-refractivity contribution >= 4 is 23.2 Å². The number of benzene rings is 2. The Labute approximate surface area is 159 Å². The third kappa shape index (κ3) is 4.78. The highest BCUT2D eigenvalue weighted by Gasteiger charge is 2.26. The number of rotatable bonds is 6. The van der Waals surface area contributed by atoms with Crippen molar-refractivity contribution in [3.05, 3.63) is 48.0 Å². The predicted octanol–water partition coefficient (Wildman–Crippen LogP) is 3.39. The van der Waals surface area contributed by atoms with Crippen LogP contribution in [0.25, 0.3) is 0 Å². The summed E-state index contributed by atoms with van der Waals surface area (Å²) in [6.07, 6.45) is 0. The fraction of sp³-hybridized carbons (Fsp3) is 0.333. The Hall–Kier alpha value is -3.02. The van der Waals surface area contributed by atoms with E-state index in [2.05, 4.69) is 19.2 Å². The van der Waals surface area contributed by atoms with Gasteiger partial charge in [-0.25, -0.2) is 0 Å². The second kappa shape index (κ2) is 8.12. The van der Waals surface area contributed by atoms with Gasteiger partial charge in [0, 0.05) is 18.3 Å². The number of hydrogen-bond donors (Lipinski definition) is 1. The highest BCUT2D eigenvalue weighted by Crippen LogP contribution is 2.35. The van der Waals surface area contributed by atoms with E-state index in [0.29, 0.717) is 29.6 Å². The van der Waals surface area contributed by atoms with E-state index in [1.807, 2.05) is 31.2 Å². The van der Waals surface area contributed by atoms with E-state index in [1.54, 1.807) is 23.1 Å². The number of carbonyl (C=O) groups is 2. The molecule has 0 fully saturated rings. The molecule has 2 amide bonds. The summed E-state index contributed by atoms with van der Waals surface area (Å²) in [5, 5.41) is 2.79. The maximum Gasteiger partial charge on any atom is 0.265 e. The molecule has 6 heteroatoms. The molecular weight excluding hydrogens is 344 g/mol. The Morgan fingerprint density at radius 1 is 1.22 bits per heavy atom. The van der Waals surface area contributed by atoms with E-state index >= 15 is 0 Å². The van der Waals surface area contributed by atoms with Crippen molar-refractivity contribution in [2.75, 3.05) is 30.0 Å². The minimum atomic E-state index is -0.263. The highest BCUT2D eigenvalue weighted by atomic mass is 16.5. The third-order valence-corrected chi connectivity index (χ3v) is 4.13. The van der Waals surface area contributed by atoms with Crippen molar-refractivity contribution in [1.82, 2.24) is 0 Å². The van der Waals surface area contributed by atoms with E-state index in [-0.39, 0.29) is 25.0 Å². The van der Waals surface area contributed by atoms with E-state index in [9.17, 15) is 9.59 Å². The number of anilines is 2. The molecule has 1 N–H and O–H groups in total. The number of nitrogens with zero attached hydrogens (tertiary/aromatic N) is 1. The summed E-state index contributed by atoms with van der Waals surface area (Å²) in [6, 6.07) is 12.8. The van der Waals surface area contributed by atoms with Gasteiger partial charge in [-0.1, -0.05) is 31.5 Å². The van der Waals surface area contributed by atoms with E-state index in [1.165, 1.54) is 0 Å². The Morgan fingerprint density at radius 2 is 1.96 bits per heavy atom. The van der Waals surface area contributed by atoms with Gasteiger partial charge in [0.15, 0.2) is 13.2 Å². The van der Waals surface area contributed by atoms with Crippen LogP contribution in [0.4, 0.5) is 11.4 Å². The summed E-state index contributed by atoms with van der Waals surface area (Å²) in [5.74, 6) is 1.26. The van der Waals surface area contributed by atoms with E-state index < -0.39 is 0 Å². The lowest BCUT2D eigenvalue weighted by atomic mass is 10.1. The van der Waals surface area contributed by atoms with Gasteiger partial charge in [0.25, 0.3) is 11.8 Å². The Bertz CT molecular complexity index is 831. The molecule has 0 saturated carbocycles. The van der Waals surface area contributed by atoms with Crippen molar-refractivity contribution in [3.63, 3.8) is 0 Å². The number of amides is 2. The largest absolute Gasteiger partial charge is 0.484 e. The van der Waals surface area contributed by atoms with Crippen LogP contribution in [-0.2, 0) is 9.59 Å². The first kappa shape index (κ1) is 18.8. The third-order valence-electron chi connectivity index (χ3n) is 4.13. The molecule has 0 atom stereocenters. The predicted molar refractivity (Wildman–Crippen MR) is 104 cm³/mol. The van der Waals surface area contributed by atoms with E-state index in [4.69, 9.17) is 9.47 Å². The Kier molecular flexibility index (Phi) is 5.64. The number of nitrogens with one attached hydrogen (secondary N) is 1. The highest BCUT2D eigenvalue weighted by molar-refractivity contribution is 5.99. The summed E-state index contributed by atoms with van der Waals surface area (Å²) in [6.45, 7) is 6.67. The molecular formula is C21H24N2O4. The molecule has 2 aromatic rings. The standard InChI is InChI=1S/C21H24N2O4/c1-14(2)11-23-18-9-6-16(10-19(18)27-13-21(23)25)22-20(24)12-26-17-7-4-15(3)5-8-17/h4-10,14H,11-13H2,1-3H3,(H,22,24). The lowest BCUT2D eigenvalue weighted by Gasteiger charge is -2.31. The van der Waals surface area contributed by atoms with Crippen LogP contribution in [-0.4, -0.2) is 31.6 Å². The number of ether oxygens (including phenoxy) is 2. The average Bonchev–Trinajstić information content (AvgIpc) is 2.63. The topological polar surface area (TPSA) is 67.9 Å². The van der Waals surface area contributed by atoms with Crippen molar-refractivity contribution in [1.29, 1.82) is 0 Å². The van der Waals surface area contributed by atoms with Gasteiger partial charge in [0.05, 0.1) is 5.69 Å². The average molecular weight is 368 g/mol. The van der Waals surface area contributed by atoms with Crippen LogP contribution in [0.15, 0.2) is 42.5 Å². The molecule has 1 heterocycles. The van der Waals surface area contributed by atoms with Gasteiger partial charge < -0.3 is 19.7 Å². The molecule has 1 aliphatic heterocycles. The fourth-order valence-corrected chi connectivity index (χ4v) is 2.83. The number of aryl methyl sites for hydroxylation is 1. The van der Waals surface area contributed by atoms with Crippen LogP contribution < -0.4 is 19.7 Å². The van der Waals surface area contributed by atoms with Gasteiger partial charge in [0.1, 0.15) is 11.5 Å². The van der Waals surface area contributed by atoms with Gasteiger partial charge in [0.2, 0.25) is 0 Å². The molecule has 0 radical (unpaired) electrons. The van der Waals surface area contributed by atoms with Crippen LogP contribution in [0.3, 0.4) is 0 Å². The van der Waals surface area contributed by atoms with Gasteiger partial charge in [-0.15, -0.1) is 0 Å². The van der Waals surface area contributed by atoms with Crippen molar-refractivity contribution in [2.45, 2.75) is 20.8 Å². The summed E-state index contributed by atoms with van der Waals surface area (Å²) in [4.78, 5) is 26.0. The van der Waals surface area contributed by atoms with Crippen LogP contribution >= 0.6 is 0 Å². The number of hydrogen-bond acceptors (Lipinski definition) is 4. The molecule has 142 valence electrons. The molecule has 3 rings (SSSR count). The second-order valence-corrected chi connectivity index (χ2v) is 7.02. The Balaban J connectivity index is 1.63. The molecule has 0 aromatic heterocycles. The number of fused-ring (bicyclic) bond motifs is 1. The zero-order valence-corrected chi connectivity index (χ0v) is 15.8. The molecule has 0 saturated heterocycles. The molecule has 0 spiro atoms. The quantitative estimate of drug-likeness (QED) is 0.849. The van der Waals surface area contributed by atoms with Crippen LogP contribution in [0.2, 0.25) is 0 Å². The minimum absolute atomic E-state index is 0.00759. The summed E-state index contributed by atoms with van der Waals surface area (Å²) >= 11 is 0. The molecule has 6 nitrogen and oxygen atoms in total. The van der Waals surface area contributed by atoms with Crippen molar-refractivity contribution < 1.29 is 19.1 Å². The zero-order chi connectivity index (χ0) is 19.4. The molecule has 0 unspecified atom stereocenters. The maximum absolute atomic E-state index is 12.1. The molecule has 2 aromatic carbocycles. The monoisotopic (exact) mass is 368 g/mol. The lowest BCUT2D eigenvalue weighted by Crippen LogP contribution is -2.40. The van der Waals surface area contributed by atoms with Gasteiger partial charge in [-0.3, -0.25) is 9.59 Å². The van der Waals surface area contributed by atoms with Crippen molar-refractivity contribution in [2.24, 2.45) is 5.92 Å². The van der Waals surface area contributed by atoms with E-state index in [0.717, 1.165) is 11.3 Å². The van der Waals surface area contributed by atoms with Crippen LogP contribution in [0.1, 0.15) is 19.4 Å². The van der Waals surface area contributed by atoms with Gasteiger partial charge in [-0.2, -0.15) is 0 Å². The first-order chi connectivity index (χ1) is 12.9. The Morgan fingerprint density at radius 3 is 2.67 bits per heavy atom. The smallest absolute Gasteiger partial charge is 0.265 e. The maximum atomic E-state index is 12.1. The normalized spacial score (nSPS) is 13.2. The summed E-state index contributed by atoms with van der Waals surface area (Å²) < 4.78 is 11.0. The van der Waals surface area contributed by atoms with Crippen LogP contribution in [0, 0.1) is 12.8 Å². The molecule has 1 aliphatic rings. The fourth-order valence-electron chi connectivity index (χ4n) is 2.83. The zero-order valence-electron chi connectivity index (χ0n) is 15.8. The summed E-state index contributed by atoms with van der Waals surface area (Å²) in [5.41, 5.74) is 2.46. The lowest BCUT2D eigenvalue weighted by molar-refractivity contribution is -0.121. The first-order valence-corrected chi connectivity index (χ1v) is 8.99. The minimum Gasteiger partial charge on any atom is -0.484 e. The van der Waals surface area contributed by atoms with Crippen LogP contribution in [0.5, 0.6) is 11.5 Å². The number of carbonyl (C=O) groups excluding carboxylic acids is 2. The molecule has 27 heavy (non-hydrogen) atoms. The summed E-state index contributed by atoms with van der Waals surface area (Å²) in [7, 11) is 0. The molecule has 0 aliphatic carbocycles. The first-order valence-electron chi connectivity index (χ1n) is 8.99. The van der Waals surface area contributed by atoms with Gasteiger partial charge in [-0.05, 0) is 37.1 Å².